The lowest BCUT2D eigenvalue weighted by Crippen LogP contribution is -2.28. The zero-order chi connectivity index (χ0) is 15.1. The number of benzene rings is 1. The molecular weight excluding hydrogens is 288 g/mol. The smallest absolute Gasteiger partial charge is 0.255 e. The first kappa shape index (κ1) is 16.1. The van der Waals surface area contributed by atoms with Gasteiger partial charge < -0.3 is 15.3 Å². The number of hydrogen-bond donors (Lipinski definition) is 2. The lowest BCUT2D eigenvalue weighted by molar-refractivity contribution is 0.0794. The summed E-state index contributed by atoms with van der Waals surface area (Å²) >= 11 is 6.05. The minimum Gasteiger partial charge on any atom is -0.396 e. The van der Waals surface area contributed by atoms with Crippen LogP contribution in [0, 0.1) is 0 Å². The lowest BCUT2D eigenvalue weighted by atomic mass is 10.1. The van der Waals surface area contributed by atoms with Crippen LogP contribution in [-0.4, -0.2) is 42.2 Å². The van der Waals surface area contributed by atoms with Crippen molar-refractivity contribution in [2.45, 2.75) is 32.1 Å². The Morgan fingerprint density at radius 3 is 2.71 bits per heavy atom. The van der Waals surface area contributed by atoms with Crippen LogP contribution in [0.2, 0.25) is 5.02 Å². The molecular formula is C16H23ClN2O2. The van der Waals surface area contributed by atoms with E-state index in [0.29, 0.717) is 10.6 Å². The van der Waals surface area contributed by atoms with Gasteiger partial charge in [-0.25, -0.2) is 0 Å². The Hall–Kier alpha value is -1.26. The van der Waals surface area contributed by atoms with Crippen molar-refractivity contribution in [3.05, 3.63) is 28.8 Å². The molecule has 1 aliphatic rings. The van der Waals surface area contributed by atoms with Crippen LogP contribution in [0.5, 0.6) is 0 Å². The van der Waals surface area contributed by atoms with E-state index in [1.807, 2.05) is 11.0 Å². The molecule has 2 rings (SSSR count). The monoisotopic (exact) mass is 310 g/mol. The average molecular weight is 311 g/mol. The van der Waals surface area contributed by atoms with Crippen LogP contribution in [0.3, 0.4) is 0 Å². The number of carbonyl (C=O) groups excluding carboxylic acids is 1. The van der Waals surface area contributed by atoms with Crippen molar-refractivity contribution >= 4 is 23.2 Å². The predicted molar refractivity (Wildman–Crippen MR) is 86.0 cm³/mol. The Labute approximate surface area is 131 Å². The number of aliphatic hydroxyl groups is 1. The molecule has 1 aliphatic heterocycles. The summed E-state index contributed by atoms with van der Waals surface area (Å²) < 4.78 is 0. The molecule has 1 fully saturated rings. The highest BCUT2D eigenvalue weighted by Crippen LogP contribution is 2.24. The predicted octanol–water partition coefficient (Wildman–Crippen LogP) is 3.15. The number of unbranched alkanes of at least 4 members (excludes halogenated alkanes) is 2. The molecule has 1 saturated heterocycles. The van der Waals surface area contributed by atoms with Gasteiger partial charge in [0.25, 0.3) is 5.91 Å². The van der Waals surface area contributed by atoms with Gasteiger partial charge in [-0.3, -0.25) is 4.79 Å². The number of carbonyl (C=O) groups is 1. The molecule has 0 radical (unpaired) electrons. The lowest BCUT2D eigenvalue weighted by Gasteiger charge is -2.18. The Morgan fingerprint density at radius 1 is 1.24 bits per heavy atom. The second kappa shape index (κ2) is 8.25. The first-order valence-electron chi connectivity index (χ1n) is 7.66. The number of amides is 1. The third kappa shape index (κ3) is 4.61. The fraction of sp³-hybridized carbons (Fsp3) is 0.562. The van der Waals surface area contributed by atoms with Crippen molar-refractivity contribution in [1.82, 2.24) is 4.90 Å². The molecule has 1 aromatic carbocycles. The molecule has 0 aliphatic carbocycles. The molecule has 5 heteroatoms. The zero-order valence-electron chi connectivity index (χ0n) is 12.3. The van der Waals surface area contributed by atoms with Gasteiger partial charge in [-0.1, -0.05) is 11.6 Å². The Morgan fingerprint density at radius 2 is 2.00 bits per heavy atom. The van der Waals surface area contributed by atoms with Crippen molar-refractivity contribution in [2.75, 3.05) is 31.6 Å². The van der Waals surface area contributed by atoms with Crippen LogP contribution in [0.25, 0.3) is 0 Å². The number of aliphatic hydroxyl groups excluding tert-OH is 1. The van der Waals surface area contributed by atoms with Crippen molar-refractivity contribution in [1.29, 1.82) is 0 Å². The maximum atomic E-state index is 12.5. The van der Waals surface area contributed by atoms with Crippen LogP contribution in [0.1, 0.15) is 42.5 Å². The minimum absolute atomic E-state index is 0.0852. The van der Waals surface area contributed by atoms with Crippen LogP contribution in [-0.2, 0) is 0 Å². The highest BCUT2D eigenvalue weighted by atomic mass is 35.5. The summed E-state index contributed by atoms with van der Waals surface area (Å²) in [6, 6.07) is 5.39. The van der Waals surface area contributed by atoms with E-state index in [1.165, 1.54) is 0 Å². The molecule has 0 bridgehead atoms. The SMILES string of the molecule is O=C(c1ccc(Cl)cc1NCCCCCO)N1CCCC1. The van der Waals surface area contributed by atoms with Gasteiger partial charge in [0.1, 0.15) is 0 Å². The normalized spacial score (nSPS) is 14.5. The van der Waals surface area contributed by atoms with Crippen molar-refractivity contribution in [3.8, 4) is 0 Å². The van der Waals surface area contributed by atoms with E-state index >= 15 is 0 Å². The molecule has 0 saturated carbocycles. The summed E-state index contributed by atoms with van der Waals surface area (Å²) in [7, 11) is 0. The van der Waals surface area contributed by atoms with Crippen molar-refractivity contribution in [3.63, 3.8) is 0 Å². The third-order valence-corrected chi connectivity index (χ3v) is 3.99. The Balaban J connectivity index is 2.00. The molecule has 0 unspecified atom stereocenters. The number of likely N-dealkylation sites (tertiary alicyclic amines) is 1. The highest BCUT2D eigenvalue weighted by Gasteiger charge is 2.21. The number of nitrogens with one attached hydrogen (secondary N) is 1. The topological polar surface area (TPSA) is 52.6 Å². The van der Waals surface area contributed by atoms with Gasteiger partial charge in [0.15, 0.2) is 0 Å². The molecule has 1 aromatic rings. The van der Waals surface area contributed by atoms with Crippen LogP contribution >= 0.6 is 11.6 Å². The standard InChI is InChI=1S/C16H23ClN2O2/c17-13-6-7-14(16(21)19-9-3-4-10-19)15(12-13)18-8-2-1-5-11-20/h6-7,12,18,20H,1-5,8-11H2. The summed E-state index contributed by atoms with van der Waals surface area (Å²) in [5, 5.41) is 12.7. The molecule has 1 heterocycles. The van der Waals surface area contributed by atoms with Crippen LogP contribution < -0.4 is 5.32 Å². The second-order valence-corrected chi connectivity index (χ2v) is 5.84. The van der Waals surface area contributed by atoms with E-state index in [-0.39, 0.29) is 12.5 Å². The maximum absolute atomic E-state index is 12.5. The molecule has 21 heavy (non-hydrogen) atoms. The van der Waals surface area contributed by atoms with Crippen LogP contribution in [0.15, 0.2) is 18.2 Å². The largest absolute Gasteiger partial charge is 0.396 e. The zero-order valence-corrected chi connectivity index (χ0v) is 13.0. The van der Waals surface area contributed by atoms with Gasteiger partial charge in [0.05, 0.1) is 5.56 Å². The fourth-order valence-corrected chi connectivity index (χ4v) is 2.75. The minimum atomic E-state index is 0.0852. The molecule has 2 N–H and O–H groups in total. The molecule has 1 amide bonds. The van der Waals surface area contributed by atoms with E-state index in [9.17, 15) is 4.79 Å². The maximum Gasteiger partial charge on any atom is 0.255 e. The molecule has 116 valence electrons. The second-order valence-electron chi connectivity index (χ2n) is 5.40. The summed E-state index contributed by atoms with van der Waals surface area (Å²) in [5.41, 5.74) is 1.51. The van der Waals surface area contributed by atoms with E-state index in [0.717, 1.165) is 57.4 Å². The van der Waals surface area contributed by atoms with Crippen molar-refractivity contribution < 1.29 is 9.90 Å². The molecule has 0 atom stereocenters. The summed E-state index contributed by atoms with van der Waals surface area (Å²) in [5.74, 6) is 0.0852. The number of halogens is 1. The third-order valence-electron chi connectivity index (χ3n) is 3.76. The van der Waals surface area contributed by atoms with Gasteiger partial charge in [-0.15, -0.1) is 0 Å². The quantitative estimate of drug-likeness (QED) is 0.761. The average Bonchev–Trinajstić information content (AvgIpc) is 3.01. The van der Waals surface area contributed by atoms with Gasteiger partial charge in [-0.2, -0.15) is 0 Å². The van der Waals surface area contributed by atoms with Gasteiger partial charge in [0, 0.05) is 37.0 Å². The summed E-state index contributed by atoms with van der Waals surface area (Å²) in [4.78, 5) is 14.4. The van der Waals surface area contributed by atoms with E-state index in [4.69, 9.17) is 16.7 Å². The molecule has 4 nitrogen and oxygen atoms in total. The Bertz CT molecular complexity index is 473. The molecule has 0 spiro atoms. The summed E-state index contributed by atoms with van der Waals surface area (Å²) in [6.45, 7) is 2.70. The van der Waals surface area contributed by atoms with Crippen molar-refractivity contribution in [2.24, 2.45) is 0 Å². The number of rotatable bonds is 7. The van der Waals surface area contributed by atoms with Crippen LogP contribution in [0.4, 0.5) is 5.69 Å². The molecule has 0 aromatic heterocycles. The first-order chi connectivity index (χ1) is 10.2. The van der Waals surface area contributed by atoms with E-state index < -0.39 is 0 Å². The van der Waals surface area contributed by atoms with E-state index in [1.54, 1.807) is 12.1 Å². The Kier molecular flexibility index (Phi) is 6.33. The highest BCUT2D eigenvalue weighted by molar-refractivity contribution is 6.31. The number of hydrogen-bond acceptors (Lipinski definition) is 3. The van der Waals surface area contributed by atoms with Gasteiger partial charge >= 0.3 is 0 Å². The summed E-state index contributed by atoms with van der Waals surface area (Å²) in [6.07, 6.45) is 4.92. The first-order valence-corrected chi connectivity index (χ1v) is 8.03. The van der Waals surface area contributed by atoms with E-state index in [2.05, 4.69) is 5.32 Å². The fourth-order valence-electron chi connectivity index (χ4n) is 2.58. The van der Waals surface area contributed by atoms with Gasteiger partial charge in [0.2, 0.25) is 0 Å². The number of nitrogens with zero attached hydrogens (tertiary/aromatic N) is 1. The van der Waals surface area contributed by atoms with Gasteiger partial charge in [-0.05, 0) is 50.3 Å². The number of anilines is 1.